The number of nitrogens with zero attached hydrogens (tertiary/aromatic N) is 2. The van der Waals surface area contributed by atoms with Crippen molar-refractivity contribution in [3.63, 3.8) is 0 Å². The summed E-state index contributed by atoms with van der Waals surface area (Å²) >= 11 is 1.58. The van der Waals surface area contributed by atoms with Crippen LogP contribution >= 0.6 is 11.3 Å². The number of nitrogens with one attached hydrogen (secondary N) is 2. The van der Waals surface area contributed by atoms with Crippen molar-refractivity contribution < 1.29 is 14.3 Å². The average molecular weight is 453 g/mol. The fraction of sp³-hybridized carbons (Fsp3) is 0.417. The van der Waals surface area contributed by atoms with Crippen LogP contribution in [-0.2, 0) is 4.79 Å². The molecule has 1 amide bonds. The van der Waals surface area contributed by atoms with Crippen LogP contribution in [0.3, 0.4) is 0 Å². The van der Waals surface area contributed by atoms with E-state index in [9.17, 15) is 4.79 Å². The maximum absolute atomic E-state index is 11.6. The summed E-state index contributed by atoms with van der Waals surface area (Å²) in [5.41, 5.74) is 5.99. The molecule has 2 aromatic carbocycles. The molecular weight excluding hydrogens is 424 g/mol. The molecule has 2 saturated heterocycles. The molecule has 0 spiro atoms. The number of carbonyl (C=O) groups is 1. The minimum absolute atomic E-state index is 0.0703. The zero-order valence-electron chi connectivity index (χ0n) is 18.4. The van der Waals surface area contributed by atoms with Crippen molar-refractivity contribution in [3.05, 3.63) is 35.8 Å². The SMILES string of the molecule is COc1cc(-c2cc(OC(C)[C@H]3CNC(=O)C3)c3scnc3c2)ccc1N1CCNCC1. The van der Waals surface area contributed by atoms with Gasteiger partial charge in [0.25, 0.3) is 0 Å². The van der Waals surface area contributed by atoms with Crippen LogP contribution in [0, 0.1) is 5.92 Å². The van der Waals surface area contributed by atoms with Crippen LogP contribution < -0.4 is 25.0 Å². The van der Waals surface area contributed by atoms with Gasteiger partial charge in [-0.3, -0.25) is 4.79 Å². The van der Waals surface area contributed by atoms with Gasteiger partial charge in [0.1, 0.15) is 17.6 Å². The highest BCUT2D eigenvalue weighted by Gasteiger charge is 2.28. The lowest BCUT2D eigenvalue weighted by Crippen LogP contribution is -2.43. The highest BCUT2D eigenvalue weighted by Crippen LogP contribution is 2.39. The van der Waals surface area contributed by atoms with Gasteiger partial charge in [0.2, 0.25) is 5.91 Å². The van der Waals surface area contributed by atoms with E-state index in [2.05, 4.69) is 50.8 Å². The number of thiazole rings is 1. The number of hydrogen-bond acceptors (Lipinski definition) is 7. The Kier molecular flexibility index (Phi) is 5.89. The highest BCUT2D eigenvalue weighted by atomic mass is 32.1. The third-order valence-electron chi connectivity index (χ3n) is 6.35. The molecule has 32 heavy (non-hydrogen) atoms. The van der Waals surface area contributed by atoms with Crippen LogP contribution in [0.15, 0.2) is 35.8 Å². The fourth-order valence-electron chi connectivity index (χ4n) is 4.47. The van der Waals surface area contributed by atoms with Crippen molar-refractivity contribution in [2.45, 2.75) is 19.4 Å². The van der Waals surface area contributed by atoms with E-state index in [-0.39, 0.29) is 17.9 Å². The van der Waals surface area contributed by atoms with E-state index in [4.69, 9.17) is 9.47 Å². The van der Waals surface area contributed by atoms with Gasteiger partial charge in [-0.25, -0.2) is 4.98 Å². The number of hydrogen-bond donors (Lipinski definition) is 2. The van der Waals surface area contributed by atoms with Crippen molar-refractivity contribution in [1.29, 1.82) is 0 Å². The number of ether oxygens (including phenoxy) is 2. The molecule has 5 rings (SSSR count). The standard InChI is InChI=1S/C24H28N4O3S/c1-15(18-12-23(29)26-13-18)31-22-11-17(9-19-24(22)32-14-27-19)16-3-4-20(21(10-16)30-2)28-7-5-25-6-8-28/h3-4,9-11,14-15,18,25H,5-8,12-13H2,1-2H3,(H,26,29)/t15?,18-/m1/s1. The number of methoxy groups -OCH3 is 1. The van der Waals surface area contributed by atoms with Crippen LogP contribution in [0.1, 0.15) is 13.3 Å². The first-order valence-corrected chi connectivity index (χ1v) is 11.9. The molecule has 8 heteroatoms. The summed E-state index contributed by atoms with van der Waals surface area (Å²) in [5.74, 6) is 1.96. The van der Waals surface area contributed by atoms with Crippen molar-refractivity contribution in [3.8, 4) is 22.6 Å². The lowest BCUT2D eigenvalue weighted by atomic mass is 10.0. The van der Waals surface area contributed by atoms with Gasteiger partial charge in [-0.1, -0.05) is 6.07 Å². The maximum atomic E-state index is 11.6. The molecular formula is C24H28N4O3S. The van der Waals surface area contributed by atoms with E-state index in [1.165, 1.54) is 0 Å². The molecule has 2 fully saturated rings. The molecule has 0 saturated carbocycles. The molecule has 2 aliphatic heterocycles. The number of carbonyl (C=O) groups excluding carboxylic acids is 1. The summed E-state index contributed by atoms with van der Waals surface area (Å²) < 4.78 is 13.2. The molecule has 168 valence electrons. The second-order valence-corrected chi connectivity index (χ2v) is 9.24. The largest absolute Gasteiger partial charge is 0.495 e. The van der Waals surface area contributed by atoms with E-state index in [1.807, 2.05) is 12.4 Å². The summed E-state index contributed by atoms with van der Waals surface area (Å²) in [4.78, 5) is 18.5. The van der Waals surface area contributed by atoms with E-state index >= 15 is 0 Å². The summed E-state index contributed by atoms with van der Waals surface area (Å²) in [5, 5.41) is 6.29. The summed E-state index contributed by atoms with van der Waals surface area (Å²) in [6.45, 7) is 6.59. The van der Waals surface area contributed by atoms with E-state index < -0.39 is 0 Å². The molecule has 1 aromatic heterocycles. The minimum atomic E-state index is -0.0703. The first-order chi connectivity index (χ1) is 15.6. The van der Waals surface area contributed by atoms with Crippen LogP contribution in [-0.4, -0.2) is 56.8 Å². The molecule has 1 unspecified atom stereocenters. The predicted molar refractivity (Wildman–Crippen MR) is 128 cm³/mol. The maximum Gasteiger partial charge on any atom is 0.220 e. The van der Waals surface area contributed by atoms with Crippen LogP contribution in [0.5, 0.6) is 11.5 Å². The average Bonchev–Trinajstić information content (AvgIpc) is 3.48. The Bertz CT molecular complexity index is 1130. The second-order valence-electron chi connectivity index (χ2n) is 8.39. The van der Waals surface area contributed by atoms with E-state index in [0.29, 0.717) is 13.0 Å². The number of piperazine rings is 1. The fourth-order valence-corrected chi connectivity index (χ4v) is 5.20. The van der Waals surface area contributed by atoms with Crippen molar-refractivity contribution in [1.82, 2.24) is 15.6 Å². The number of fused-ring (bicyclic) bond motifs is 1. The zero-order chi connectivity index (χ0) is 22.1. The van der Waals surface area contributed by atoms with Gasteiger partial charge < -0.3 is 25.0 Å². The Morgan fingerprint density at radius 2 is 1.97 bits per heavy atom. The van der Waals surface area contributed by atoms with Crippen molar-refractivity contribution in [2.24, 2.45) is 5.92 Å². The normalized spacial score (nSPS) is 19.8. The van der Waals surface area contributed by atoms with Gasteiger partial charge in [0.15, 0.2) is 0 Å². The Balaban J connectivity index is 1.47. The Morgan fingerprint density at radius 1 is 1.16 bits per heavy atom. The van der Waals surface area contributed by atoms with E-state index in [0.717, 1.165) is 64.7 Å². The Hall–Kier alpha value is -2.84. The first kappa shape index (κ1) is 21.0. The molecule has 3 aromatic rings. The quantitative estimate of drug-likeness (QED) is 0.598. The summed E-state index contributed by atoms with van der Waals surface area (Å²) in [7, 11) is 1.72. The summed E-state index contributed by atoms with van der Waals surface area (Å²) in [6, 6.07) is 10.6. The number of amides is 1. The van der Waals surface area contributed by atoms with Gasteiger partial charge >= 0.3 is 0 Å². The molecule has 2 N–H and O–H groups in total. The third kappa shape index (κ3) is 4.12. The van der Waals surface area contributed by atoms with Crippen molar-refractivity contribution in [2.75, 3.05) is 44.7 Å². The third-order valence-corrected chi connectivity index (χ3v) is 7.21. The molecule has 0 radical (unpaired) electrons. The molecule has 2 aliphatic rings. The Labute approximate surface area is 191 Å². The number of aromatic nitrogens is 1. The lowest BCUT2D eigenvalue weighted by molar-refractivity contribution is -0.119. The zero-order valence-corrected chi connectivity index (χ0v) is 19.2. The first-order valence-electron chi connectivity index (χ1n) is 11.1. The lowest BCUT2D eigenvalue weighted by Gasteiger charge is -2.30. The smallest absolute Gasteiger partial charge is 0.220 e. The number of anilines is 1. The van der Waals surface area contributed by atoms with E-state index in [1.54, 1.807) is 18.4 Å². The number of rotatable bonds is 6. The van der Waals surface area contributed by atoms with Crippen molar-refractivity contribution >= 4 is 33.1 Å². The topological polar surface area (TPSA) is 75.7 Å². The van der Waals surface area contributed by atoms with Crippen LogP contribution in [0.25, 0.3) is 21.3 Å². The van der Waals surface area contributed by atoms with Gasteiger partial charge in [-0.05, 0) is 42.3 Å². The second kappa shape index (κ2) is 8.96. The predicted octanol–water partition coefficient (Wildman–Crippen LogP) is 3.28. The van der Waals surface area contributed by atoms with Gasteiger partial charge in [0.05, 0.1) is 28.5 Å². The van der Waals surface area contributed by atoms with Gasteiger partial charge in [-0.2, -0.15) is 0 Å². The Morgan fingerprint density at radius 3 is 2.72 bits per heavy atom. The molecule has 2 atom stereocenters. The molecule has 0 bridgehead atoms. The van der Waals surface area contributed by atoms with Crippen LogP contribution in [0.2, 0.25) is 0 Å². The summed E-state index contributed by atoms with van der Waals surface area (Å²) in [6.07, 6.45) is 0.441. The highest BCUT2D eigenvalue weighted by molar-refractivity contribution is 7.17. The molecule has 3 heterocycles. The van der Waals surface area contributed by atoms with Gasteiger partial charge in [0, 0.05) is 45.1 Å². The molecule has 7 nitrogen and oxygen atoms in total. The van der Waals surface area contributed by atoms with Crippen LogP contribution in [0.4, 0.5) is 5.69 Å². The number of benzene rings is 2. The van der Waals surface area contributed by atoms with Gasteiger partial charge in [-0.15, -0.1) is 11.3 Å². The minimum Gasteiger partial charge on any atom is -0.495 e. The molecule has 0 aliphatic carbocycles. The monoisotopic (exact) mass is 452 g/mol.